The maximum absolute atomic E-state index is 14.5. The summed E-state index contributed by atoms with van der Waals surface area (Å²) in [4.78, 5) is 16.6. The van der Waals surface area contributed by atoms with E-state index in [0.29, 0.717) is 17.0 Å². The molecule has 182 valence electrons. The Kier molecular flexibility index (Phi) is 6.84. The Morgan fingerprint density at radius 3 is 2.86 bits per heavy atom. The minimum absolute atomic E-state index is 0.0865. The summed E-state index contributed by atoms with van der Waals surface area (Å²) in [7, 11) is 0. The second kappa shape index (κ2) is 10.5. The number of anilines is 1. The molecule has 5 rings (SSSR count). The maximum atomic E-state index is 14.5. The summed E-state index contributed by atoms with van der Waals surface area (Å²) in [6.45, 7) is 2.84. The van der Waals surface area contributed by atoms with E-state index in [1.165, 1.54) is 30.8 Å². The molecule has 1 amide bonds. The third-order valence-corrected chi connectivity index (χ3v) is 6.11. The second-order valence-corrected chi connectivity index (χ2v) is 8.74. The fourth-order valence-corrected chi connectivity index (χ4v) is 4.18. The van der Waals surface area contributed by atoms with Gasteiger partial charge in [-0.05, 0) is 67.3 Å². The standard InChI is InChI=1S/C28H26FN5O2/c1-19-8-11-21(28-33-32-26-7-3-2-4-15-34(26)28)17-24(19)31-27(35)13-10-20-9-12-25(23(29)16-20)36-22-6-5-14-30-18-22/h5-6,8-14,16-18H,2-4,7,15H2,1H3,(H,31,35)/b13-10+. The van der Waals surface area contributed by atoms with Crippen LogP contribution in [0.15, 0.2) is 67.0 Å². The largest absolute Gasteiger partial charge is 0.453 e. The molecular formula is C28H26FN5O2. The number of nitrogens with zero attached hydrogens (tertiary/aromatic N) is 4. The predicted molar refractivity (Wildman–Crippen MR) is 136 cm³/mol. The maximum Gasteiger partial charge on any atom is 0.248 e. The average molecular weight is 484 g/mol. The highest BCUT2D eigenvalue weighted by atomic mass is 19.1. The highest BCUT2D eigenvalue weighted by Gasteiger charge is 2.17. The molecule has 7 nitrogen and oxygen atoms in total. The van der Waals surface area contributed by atoms with Crippen LogP contribution in [0.25, 0.3) is 17.5 Å². The van der Waals surface area contributed by atoms with Gasteiger partial charge in [0.2, 0.25) is 5.91 Å². The van der Waals surface area contributed by atoms with E-state index in [0.717, 1.165) is 48.6 Å². The molecule has 1 aliphatic heterocycles. The Morgan fingerprint density at radius 1 is 1.11 bits per heavy atom. The lowest BCUT2D eigenvalue weighted by molar-refractivity contribution is -0.111. The molecule has 36 heavy (non-hydrogen) atoms. The minimum Gasteiger partial charge on any atom is -0.453 e. The van der Waals surface area contributed by atoms with E-state index in [4.69, 9.17) is 4.74 Å². The van der Waals surface area contributed by atoms with Crippen molar-refractivity contribution in [1.29, 1.82) is 0 Å². The first-order valence-electron chi connectivity index (χ1n) is 12.0. The molecule has 0 radical (unpaired) electrons. The molecule has 2 aromatic carbocycles. The molecule has 4 aromatic rings. The SMILES string of the molecule is Cc1ccc(-c2nnc3n2CCCCC3)cc1NC(=O)/C=C/c1ccc(Oc2cccnc2)c(F)c1. The first kappa shape index (κ1) is 23.4. The van der Waals surface area contributed by atoms with Gasteiger partial charge in [0.25, 0.3) is 0 Å². The van der Waals surface area contributed by atoms with Crippen molar-refractivity contribution < 1.29 is 13.9 Å². The smallest absolute Gasteiger partial charge is 0.248 e. The van der Waals surface area contributed by atoms with Gasteiger partial charge >= 0.3 is 0 Å². The van der Waals surface area contributed by atoms with Gasteiger partial charge in [0.05, 0.1) is 6.20 Å². The quantitative estimate of drug-likeness (QED) is 0.342. The van der Waals surface area contributed by atoms with Crippen LogP contribution in [-0.4, -0.2) is 25.7 Å². The Hall–Kier alpha value is -4.33. The van der Waals surface area contributed by atoms with Crippen molar-refractivity contribution in [3.63, 3.8) is 0 Å². The zero-order valence-corrected chi connectivity index (χ0v) is 19.9. The van der Waals surface area contributed by atoms with E-state index in [-0.39, 0.29) is 11.7 Å². The van der Waals surface area contributed by atoms with Crippen molar-refractivity contribution in [3.05, 3.63) is 89.8 Å². The number of carbonyl (C=O) groups excluding carboxylic acids is 1. The van der Waals surface area contributed by atoms with Crippen LogP contribution in [-0.2, 0) is 17.8 Å². The molecule has 0 fully saturated rings. The van der Waals surface area contributed by atoms with E-state index < -0.39 is 5.82 Å². The number of hydrogen-bond acceptors (Lipinski definition) is 5. The summed E-state index contributed by atoms with van der Waals surface area (Å²) in [6.07, 6.45) is 10.4. The van der Waals surface area contributed by atoms with Crippen molar-refractivity contribution in [2.75, 3.05) is 5.32 Å². The Balaban J connectivity index is 1.28. The summed E-state index contributed by atoms with van der Waals surface area (Å²) >= 11 is 0. The molecular weight excluding hydrogens is 457 g/mol. The number of nitrogens with one attached hydrogen (secondary N) is 1. The van der Waals surface area contributed by atoms with Crippen molar-refractivity contribution in [1.82, 2.24) is 19.7 Å². The van der Waals surface area contributed by atoms with Crippen LogP contribution in [0.3, 0.4) is 0 Å². The average Bonchev–Trinajstić information content (AvgIpc) is 3.14. The van der Waals surface area contributed by atoms with Gasteiger partial charge in [-0.25, -0.2) is 4.39 Å². The highest BCUT2D eigenvalue weighted by Crippen LogP contribution is 2.28. The Morgan fingerprint density at radius 2 is 2.03 bits per heavy atom. The van der Waals surface area contributed by atoms with E-state index in [2.05, 4.69) is 25.1 Å². The zero-order valence-electron chi connectivity index (χ0n) is 19.9. The van der Waals surface area contributed by atoms with Gasteiger partial charge in [0.1, 0.15) is 11.6 Å². The van der Waals surface area contributed by atoms with E-state index in [9.17, 15) is 9.18 Å². The fourth-order valence-electron chi connectivity index (χ4n) is 4.18. The number of rotatable bonds is 6. The predicted octanol–water partition coefficient (Wildman–Crippen LogP) is 5.96. The molecule has 1 aliphatic rings. The van der Waals surface area contributed by atoms with Gasteiger partial charge < -0.3 is 14.6 Å². The van der Waals surface area contributed by atoms with Crippen LogP contribution in [0.5, 0.6) is 11.5 Å². The topological polar surface area (TPSA) is 81.9 Å². The first-order chi connectivity index (χ1) is 17.6. The van der Waals surface area contributed by atoms with Gasteiger partial charge in [0, 0.05) is 36.5 Å². The number of aryl methyl sites for hydroxylation is 2. The molecule has 1 N–H and O–H groups in total. The molecule has 0 saturated carbocycles. The van der Waals surface area contributed by atoms with Gasteiger partial charge in [0.15, 0.2) is 17.4 Å². The highest BCUT2D eigenvalue weighted by molar-refractivity contribution is 6.02. The lowest BCUT2D eigenvalue weighted by atomic mass is 10.1. The number of carbonyl (C=O) groups is 1. The van der Waals surface area contributed by atoms with Crippen molar-refractivity contribution in [2.24, 2.45) is 0 Å². The molecule has 0 bridgehead atoms. The molecule has 0 atom stereocenters. The lowest BCUT2D eigenvalue weighted by Gasteiger charge is -2.11. The minimum atomic E-state index is -0.530. The summed E-state index contributed by atoms with van der Waals surface area (Å²) in [5.74, 6) is 1.52. The van der Waals surface area contributed by atoms with Crippen LogP contribution in [0, 0.1) is 12.7 Å². The number of aromatic nitrogens is 4. The van der Waals surface area contributed by atoms with E-state index >= 15 is 0 Å². The lowest BCUT2D eigenvalue weighted by Crippen LogP contribution is -2.09. The molecule has 0 saturated heterocycles. The number of benzene rings is 2. The summed E-state index contributed by atoms with van der Waals surface area (Å²) in [5.41, 5.74) is 3.07. The van der Waals surface area contributed by atoms with Crippen LogP contribution in [0.1, 0.15) is 36.2 Å². The number of halogens is 1. The van der Waals surface area contributed by atoms with Gasteiger partial charge in [-0.3, -0.25) is 9.78 Å². The van der Waals surface area contributed by atoms with Gasteiger partial charge in [-0.15, -0.1) is 10.2 Å². The summed E-state index contributed by atoms with van der Waals surface area (Å²) < 4.78 is 22.2. The third kappa shape index (κ3) is 5.33. The molecule has 0 spiro atoms. The molecule has 3 heterocycles. The molecule has 0 unspecified atom stereocenters. The number of ether oxygens (including phenoxy) is 1. The summed E-state index contributed by atoms with van der Waals surface area (Å²) in [6, 6.07) is 13.8. The van der Waals surface area contributed by atoms with E-state index in [1.54, 1.807) is 30.5 Å². The Labute approximate surface area is 208 Å². The van der Waals surface area contributed by atoms with Gasteiger partial charge in [-0.2, -0.15) is 0 Å². The van der Waals surface area contributed by atoms with Crippen LogP contribution < -0.4 is 10.1 Å². The van der Waals surface area contributed by atoms with Crippen LogP contribution in [0.2, 0.25) is 0 Å². The van der Waals surface area contributed by atoms with Crippen LogP contribution in [0.4, 0.5) is 10.1 Å². The fraction of sp³-hybridized carbons (Fsp3) is 0.214. The van der Waals surface area contributed by atoms with Gasteiger partial charge in [-0.1, -0.05) is 24.6 Å². The number of amides is 1. The monoisotopic (exact) mass is 483 g/mol. The first-order valence-corrected chi connectivity index (χ1v) is 12.0. The normalized spacial score (nSPS) is 13.3. The number of fused-ring (bicyclic) bond motifs is 1. The Bertz CT molecular complexity index is 1410. The van der Waals surface area contributed by atoms with E-state index in [1.807, 2.05) is 25.1 Å². The van der Waals surface area contributed by atoms with Crippen molar-refractivity contribution in [2.45, 2.75) is 39.2 Å². The zero-order chi connectivity index (χ0) is 24.9. The third-order valence-electron chi connectivity index (χ3n) is 6.11. The van der Waals surface area contributed by atoms with Crippen molar-refractivity contribution in [3.8, 4) is 22.9 Å². The van der Waals surface area contributed by atoms with Crippen molar-refractivity contribution >= 4 is 17.7 Å². The second-order valence-electron chi connectivity index (χ2n) is 8.74. The molecule has 0 aliphatic carbocycles. The number of pyridine rings is 1. The number of hydrogen-bond donors (Lipinski definition) is 1. The molecule has 2 aromatic heterocycles. The van der Waals surface area contributed by atoms with Crippen LogP contribution >= 0.6 is 0 Å². The molecule has 8 heteroatoms. The summed E-state index contributed by atoms with van der Waals surface area (Å²) in [5, 5.41) is 11.7.